The zero-order valence-electron chi connectivity index (χ0n) is 10.7. The van der Waals surface area contributed by atoms with Gasteiger partial charge in [0.05, 0.1) is 6.54 Å². The van der Waals surface area contributed by atoms with Crippen molar-refractivity contribution >= 4 is 15.9 Å². The maximum atomic E-state index is 12.1. The minimum Gasteiger partial charge on any atom is -0.342 e. The van der Waals surface area contributed by atoms with E-state index < -0.39 is 10.0 Å². The average molecular weight is 294 g/mol. The van der Waals surface area contributed by atoms with Gasteiger partial charge in [-0.2, -0.15) is 5.26 Å². The molecular formula is C12H14N4O3S. The highest BCUT2D eigenvalue weighted by Gasteiger charge is 2.23. The Morgan fingerprint density at radius 3 is 2.80 bits per heavy atom. The van der Waals surface area contributed by atoms with Crippen molar-refractivity contribution in [3.05, 3.63) is 24.0 Å². The van der Waals surface area contributed by atoms with Gasteiger partial charge in [0.1, 0.15) is 11.0 Å². The van der Waals surface area contributed by atoms with Crippen molar-refractivity contribution in [1.82, 2.24) is 14.6 Å². The molecule has 0 spiro atoms. The summed E-state index contributed by atoms with van der Waals surface area (Å²) in [4.78, 5) is 16.9. The van der Waals surface area contributed by atoms with Crippen LogP contribution in [0.25, 0.3) is 0 Å². The fraction of sp³-hybridized carbons (Fsp3) is 0.417. The van der Waals surface area contributed by atoms with Gasteiger partial charge in [-0.05, 0) is 25.0 Å². The summed E-state index contributed by atoms with van der Waals surface area (Å²) in [5.74, 6) is -0.256. The van der Waals surface area contributed by atoms with E-state index in [0.29, 0.717) is 13.1 Å². The van der Waals surface area contributed by atoms with Crippen LogP contribution in [0.15, 0.2) is 23.2 Å². The van der Waals surface area contributed by atoms with E-state index in [4.69, 9.17) is 5.26 Å². The first-order valence-electron chi connectivity index (χ1n) is 6.17. The highest BCUT2D eigenvalue weighted by molar-refractivity contribution is 7.89. The molecule has 106 valence electrons. The molecule has 1 aliphatic heterocycles. The average Bonchev–Trinajstić information content (AvgIpc) is 2.99. The van der Waals surface area contributed by atoms with Crippen LogP contribution in [-0.2, 0) is 14.8 Å². The number of sulfonamides is 1. The molecule has 2 heterocycles. The highest BCUT2D eigenvalue weighted by atomic mass is 32.2. The number of nitrogens with zero attached hydrogens (tertiary/aromatic N) is 3. The monoisotopic (exact) mass is 294 g/mol. The van der Waals surface area contributed by atoms with Crippen molar-refractivity contribution in [1.29, 1.82) is 5.26 Å². The van der Waals surface area contributed by atoms with Crippen molar-refractivity contribution in [3.8, 4) is 6.07 Å². The summed E-state index contributed by atoms with van der Waals surface area (Å²) in [5, 5.41) is 8.85. The summed E-state index contributed by atoms with van der Waals surface area (Å²) < 4.78 is 26.3. The van der Waals surface area contributed by atoms with E-state index in [9.17, 15) is 13.2 Å². The minimum absolute atomic E-state index is 0.186. The molecule has 1 N–H and O–H groups in total. The molecule has 8 heteroatoms. The smallest absolute Gasteiger partial charge is 0.243 e. The van der Waals surface area contributed by atoms with Crippen LogP contribution in [0.5, 0.6) is 0 Å². The van der Waals surface area contributed by atoms with Crippen molar-refractivity contribution in [2.45, 2.75) is 17.7 Å². The van der Waals surface area contributed by atoms with Gasteiger partial charge < -0.3 is 4.90 Å². The van der Waals surface area contributed by atoms with E-state index in [1.165, 1.54) is 18.3 Å². The van der Waals surface area contributed by atoms with Crippen LogP contribution in [0, 0.1) is 11.3 Å². The van der Waals surface area contributed by atoms with Crippen molar-refractivity contribution in [2.24, 2.45) is 0 Å². The Bertz CT molecular complexity index is 645. The number of amides is 1. The molecular weight excluding hydrogens is 280 g/mol. The Hall–Kier alpha value is -1.98. The predicted molar refractivity (Wildman–Crippen MR) is 70.0 cm³/mol. The largest absolute Gasteiger partial charge is 0.342 e. The molecule has 2 rings (SSSR count). The lowest BCUT2D eigenvalue weighted by atomic mass is 10.4. The molecule has 1 aromatic heterocycles. The zero-order chi connectivity index (χ0) is 14.6. The van der Waals surface area contributed by atoms with Crippen molar-refractivity contribution in [2.75, 3.05) is 19.6 Å². The van der Waals surface area contributed by atoms with Crippen LogP contribution in [0.1, 0.15) is 18.5 Å². The van der Waals surface area contributed by atoms with E-state index >= 15 is 0 Å². The molecule has 0 aliphatic carbocycles. The van der Waals surface area contributed by atoms with Gasteiger partial charge in [0.15, 0.2) is 5.69 Å². The van der Waals surface area contributed by atoms with Gasteiger partial charge in [0, 0.05) is 19.3 Å². The number of carbonyl (C=O) groups is 1. The van der Waals surface area contributed by atoms with Gasteiger partial charge in [0.25, 0.3) is 0 Å². The third-order valence-corrected chi connectivity index (χ3v) is 4.47. The zero-order valence-corrected chi connectivity index (χ0v) is 11.6. The van der Waals surface area contributed by atoms with E-state index in [1.807, 2.05) is 0 Å². The summed E-state index contributed by atoms with van der Waals surface area (Å²) >= 11 is 0. The Balaban J connectivity index is 2.08. The second-order valence-corrected chi connectivity index (χ2v) is 6.11. The van der Waals surface area contributed by atoms with Gasteiger partial charge in [-0.15, -0.1) is 0 Å². The second kappa shape index (κ2) is 5.98. The number of likely N-dealkylation sites (tertiary alicyclic amines) is 1. The summed E-state index contributed by atoms with van der Waals surface area (Å²) in [7, 11) is -3.91. The Morgan fingerprint density at radius 1 is 1.45 bits per heavy atom. The fourth-order valence-electron chi connectivity index (χ4n) is 2.00. The van der Waals surface area contributed by atoms with Gasteiger partial charge in [-0.1, -0.05) is 0 Å². The maximum Gasteiger partial charge on any atom is 0.243 e. The number of rotatable bonds is 4. The van der Waals surface area contributed by atoms with E-state index in [-0.39, 0.29) is 23.0 Å². The molecule has 0 aromatic carbocycles. The van der Waals surface area contributed by atoms with Gasteiger partial charge >= 0.3 is 0 Å². The summed E-state index contributed by atoms with van der Waals surface area (Å²) in [6.07, 6.45) is 3.23. The topological polar surface area (TPSA) is 103 Å². The summed E-state index contributed by atoms with van der Waals surface area (Å²) in [6.45, 7) is 1.02. The molecule has 0 atom stereocenters. The van der Waals surface area contributed by atoms with Crippen LogP contribution in [0.2, 0.25) is 0 Å². The third kappa shape index (κ3) is 3.12. The standard InChI is InChI=1S/C12H14N4O3S/c13-8-10-11(4-3-5-14-10)20(18,19)15-9-12(17)16-6-1-2-7-16/h3-5,15H,1-2,6-7,9H2. The molecule has 1 aliphatic rings. The quantitative estimate of drug-likeness (QED) is 0.832. The number of nitrogens with one attached hydrogen (secondary N) is 1. The van der Waals surface area contributed by atoms with Crippen LogP contribution in [0.4, 0.5) is 0 Å². The second-order valence-electron chi connectivity index (χ2n) is 4.37. The maximum absolute atomic E-state index is 12.1. The molecule has 7 nitrogen and oxygen atoms in total. The molecule has 1 aromatic rings. The third-order valence-electron chi connectivity index (χ3n) is 3.04. The molecule has 0 unspecified atom stereocenters. The van der Waals surface area contributed by atoms with Gasteiger partial charge in [-0.3, -0.25) is 4.79 Å². The summed E-state index contributed by atoms with van der Waals surface area (Å²) in [6, 6.07) is 4.43. The van der Waals surface area contributed by atoms with Crippen LogP contribution in [0.3, 0.4) is 0 Å². The lowest BCUT2D eigenvalue weighted by Crippen LogP contribution is -2.38. The fourth-order valence-corrected chi connectivity index (χ4v) is 3.08. The number of pyridine rings is 1. The Kier molecular flexibility index (Phi) is 4.32. The number of hydrogen-bond donors (Lipinski definition) is 1. The predicted octanol–water partition coefficient (Wildman–Crippen LogP) is -0.146. The van der Waals surface area contributed by atoms with Crippen molar-refractivity contribution in [3.63, 3.8) is 0 Å². The number of nitriles is 1. The lowest BCUT2D eigenvalue weighted by Gasteiger charge is -2.15. The molecule has 1 saturated heterocycles. The molecule has 0 saturated carbocycles. The first-order valence-corrected chi connectivity index (χ1v) is 7.65. The molecule has 1 fully saturated rings. The van der Waals surface area contributed by atoms with E-state index in [2.05, 4.69) is 9.71 Å². The van der Waals surface area contributed by atoms with E-state index in [0.717, 1.165) is 12.8 Å². The van der Waals surface area contributed by atoms with Crippen LogP contribution in [-0.4, -0.2) is 43.8 Å². The lowest BCUT2D eigenvalue weighted by molar-refractivity contribution is -0.128. The molecule has 1 amide bonds. The molecule has 0 radical (unpaired) electrons. The number of aromatic nitrogens is 1. The normalized spacial score (nSPS) is 15.1. The molecule has 0 bridgehead atoms. The summed E-state index contributed by atoms with van der Waals surface area (Å²) in [5.41, 5.74) is -0.186. The van der Waals surface area contributed by atoms with Gasteiger partial charge in [-0.25, -0.2) is 18.1 Å². The van der Waals surface area contributed by atoms with Crippen molar-refractivity contribution < 1.29 is 13.2 Å². The Labute approximate surface area is 117 Å². The van der Waals surface area contributed by atoms with E-state index in [1.54, 1.807) is 11.0 Å². The number of hydrogen-bond acceptors (Lipinski definition) is 5. The minimum atomic E-state index is -3.91. The number of carbonyl (C=O) groups excluding carboxylic acids is 1. The highest BCUT2D eigenvalue weighted by Crippen LogP contribution is 2.12. The first kappa shape index (κ1) is 14.4. The Morgan fingerprint density at radius 2 is 2.15 bits per heavy atom. The van der Waals surface area contributed by atoms with Crippen LogP contribution >= 0.6 is 0 Å². The first-order chi connectivity index (χ1) is 9.54. The van der Waals surface area contributed by atoms with Gasteiger partial charge in [0.2, 0.25) is 15.9 Å². The van der Waals surface area contributed by atoms with Crippen LogP contribution < -0.4 is 4.72 Å². The molecule has 20 heavy (non-hydrogen) atoms. The SMILES string of the molecule is N#Cc1ncccc1S(=O)(=O)NCC(=O)N1CCCC1.